The largest absolute Gasteiger partial charge is 0.493 e. The first-order valence-corrected chi connectivity index (χ1v) is 6.84. The summed E-state index contributed by atoms with van der Waals surface area (Å²) in [5.74, 6) is 0.631. The van der Waals surface area contributed by atoms with Crippen molar-refractivity contribution in [2.75, 3.05) is 20.8 Å². The number of carbonyl (C=O) groups is 1. The van der Waals surface area contributed by atoms with E-state index in [2.05, 4.69) is 5.32 Å². The standard InChI is InChI=1S/C14H21ClN2O3/c1-4-10(16)5-9-6-11(15)14(12(7-9)19-3)20-8-13(18)17-2/h6-7,10H,4-5,8,16H2,1-3H3,(H,17,18). The molecule has 0 bridgehead atoms. The number of nitrogens with two attached hydrogens (primary N) is 1. The van der Waals surface area contributed by atoms with E-state index in [1.807, 2.05) is 13.0 Å². The molecule has 1 rings (SSSR count). The lowest BCUT2D eigenvalue weighted by atomic mass is 10.0. The fourth-order valence-electron chi connectivity index (χ4n) is 1.69. The molecule has 6 heteroatoms. The van der Waals surface area contributed by atoms with E-state index in [0.29, 0.717) is 22.9 Å². The molecule has 1 amide bonds. The lowest BCUT2D eigenvalue weighted by molar-refractivity contribution is -0.122. The normalized spacial score (nSPS) is 11.8. The zero-order valence-electron chi connectivity index (χ0n) is 12.0. The van der Waals surface area contributed by atoms with E-state index in [4.69, 9.17) is 26.8 Å². The zero-order chi connectivity index (χ0) is 15.1. The SMILES string of the molecule is CCC(N)Cc1cc(Cl)c(OCC(=O)NC)c(OC)c1. The molecule has 0 saturated carbocycles. The number of carbonyl (C=O) groups excluding carboxylic acids is 1. The summed E-state index contributed by atoms with van der Waals surface area (Å²) >= 11 is 6.19. The highest BCUT2D eigenvalue weighted by Crippen LogP contribution is 2.36. The van der Waals surface area contributed by atoms with Gasteiger partial charge in [-0.15, -0.1) is 0 Å². The van der Waals surface area contributed by atoms with E-state index in [0.717, 1.165) is 12.0 Å². The number of rotatable bonds is 7. The summed E-state index contributed by atoms with van der Waals surface area (Å²) in [6.07, 6.45) is 1.59. The van der Waals surface area contributed by atoms with Crippen molar-refractivity contribution in [1.82, 2.24) is 5.32 Å². The molecular formula is C14H21ClN2O3. The van der Waals surface area contributed by atoms with Crippen LogP contribution in [0.5, 0.6) is 11.5 Å². The molecule has 3 N–H and O–H groups in total. The highest BCUT2D eigenvalue weighted by atomic mass is 35.5. The van der Waals surface area contributed by atoms with Gasteiger partial charge in [0.25, 0.3) is 5.91 Å². The Morgan fingerprint density at radius 3 is 2.75 bits per heavy atom. The summed E-state index contributed by atoms with van der Waals surface area (Å²) in [7, 11) is 3.07. The van der Waals surface area contributed by atoms with Crippen molar-refractivity contribution in [2.45, 2.75) is 25.8 Å². The van der Waals surface area contributed by atoms with Crippen LogP contribution < -0.4 is 20.5 Å². The van der Waals surface area contributed by atoms with Crippen molar-refractivity contribution in [3.63, 3.8) is 0 Å². The van der Waals surface area contributed by atoms with Crippen molar-refractivity contribution < 1.29 is 14.3 Å². The van der Waals surface area contributed by atoms with Crippen molar-refractivity contribution in [3.8, 4) is 11.5 Å². The smallest absolute Gasteiger partial charge is 0.257 e. The number of amides is 1. The third kappa shape index (κ3) is 4.58. The summed E-state index contributed by atoms with van der Waals surface area (Å²) in [5.41, 5.74) is 6.91. The summed E-state index contributed by atoms with van der Waals surface area (Å²) in [6.45, 7) is 1.92. The van der Waals surface area contributed by atoms with E-state index in [1.54, 1.807) is 13.1 Å². The second kappa shape index (κ2) is 7.97. The van der Waals surface area contributed by atoms with Crippen molar-refractivity contribution in [1.29, 1.82) is 0 Å². The number of likely N-dealkylation sites (N-methyl/N-ethyl adjacent to an activating group) is 1. The van der Waals surface area contributed by atoms with E-state index in [9.17, 15) is 4.79 Å². The van der Waals surface area contributed by atoms with Crippen molar-refractivity contribution >= 4 is 17.5 Å². The molecule has 112 valence electrons. The van der Waals surface area contributed by atoms with E-state index in [-0.39, 0.29) is 18.6 Å². The Morgan fingerprint density at radius 1 is 1.50 bits per heavy atom. The average molecular weight is 301 g/mol. The zero-order valence-corrected chi connectivity index (χ0v) is 12.8. The predicted octanol–water partition coefficient (Wildman–Crippen LogP) is 1.75. The molecule has 0 aliphatic rings. The first-order chi connectivity index (χ1) is 9.51. The number of hydrogen-bond donors (Lipinski definition) is 2. The van der Waals surface area contributed by atoms with E-state index < -0.39 is 0 Å². The van der Waals surface area contributed by atoms with Crippen LogP contribution in [0.3, 0.4) is 0 Å². The Labute approximate surface area is 124 Å². The Bertz CT molecular complexity index is 466. The molecule has 1 aromatic carbocycles. The molecule has 0 saturated heterocycles. The molecule has 0 radical (unpaired) electrons. The van der Waals surface area contributed by atoms with E-state index in [1.165, 1.54) is 7.11 Å². The number of ether oxygens (including phenoxy) is 2. The third-order valence-corrected chi connectivity index (χ3v) is 3.22. The van der Waals surface area contributed by atoms with Crippen LogP contribution in [0.1, 0.15) is 18.9 Å². The number of benzene rings is 1. The van der Waals surface area contributed by atoms with Crippen LogP contribution in [0.25, 0.3) is 0 Å². The molecule has 0 spiro atoms. The number of methoxy groups -OCH3 is 1. The van der Waals surface area contributed by atoms with Crippen molar-refractivity contribution in [3.05, 3.63) is 22.7 Å². The maximum absolute atomic E-state index is 11.2. The number of nitrogens with one attached hydrogen (secondary N) is 1. The van der Waals surface area contributed by atoms with Gasteiger partial charge >= 0.3 is 0 Å². The van der Waals surface area contributed by atoms with Crippen LogP contribution in [0, 0.1) is 0 Å². The highest BCUT2D eigenvalue weighted by Gasteiger charge is 2.14. The molecule has 1 atom stereocenters. The van der Waals surface area contributed by atoms with Crippen LogP contribution in [0.4, 0.5) is 0 Å². The van der Waals surface area contributed by atoms with Crippen molar-refractivity contribution in [2.24, 2.45) is 5.73 Å². The first-order valence-electron chi connectivity index (χ1n) is 6.47. The summed E-state index contributed by atoms with van der Waals surface area (Å²) in [4.78, 5) is 11.2. The quantitative estimate of drug-likeness (QED) is 0.804. The van der Waals surface area contributed by atoms with Gasteiger partial charge < -0.3 is 20.5 Å². The molecule has 0 aliphatic heterocycles. The van der Waals surface area contributed by atoms with Crippen LogP contribution in [0.15, 0.2) is 12.1 Å². The minimum absolute atomic E-state index is 0.0772. The van der Waals surface area contributed by atoms with Gasteiger partial charge in [0.15, 0.2) is 18.1 Å². The first kappa shape index (κ1) is 16.6. The van der Waals surface area contributed by atoms with Gasteiger partial charge in [-0.1, -0.05) is 18.5 Å². The Kier molecular flexibility index (Phi) is 6.61. The molecule has 20 heavy (non-hydrogen) atoms. The number of halogens is 1. The molecular weight excluding hydrogens is 280 g/mol. The monoisotopic (exact) mass is 300 g/mol. The lowest BCUT2D eigenvalue weighted by Gasteiger charge is -2.15. The van der Waals surface area contributed by atoms with Crippen LogP contribution in [0.2, 0.25) is 5.02 Å². The molecule has 0 fully saturated rings. The Morgan fingerprint density at radius 2 is 2.20 bits per heavy atom. The topological polar surface area (TPSA) is 73.6 Å². The molecule has 0 aromatic heterocycles. The third-order valence-electron chi connectivity index (χ3n) is 2.94. The van der Waals surface area contributed by atoms with Gasteiger partial charge in [-0.05, 0) is 30.5 Å². The minimum atomic E-state index is -0.236. The van der Waals surface area contributed by atoms with Crippen LogP contribution in [-0.4, -0.2) is 32.7 Å². The summed E-state index contributed by atoms with van der Waals surface area (Å²) in [6, 6.07) is 3.70. The van der Waals surface area contributed by atoms with Gasteiger partial charge in [0.1, 0.15) is 0 Å². The maximum Gasteiger partial charge on any atom is 0.257 e. The second-order valence-corrected chi connectivity index (χ2v) is 4.85. The van der Waals surface area contributed by atoms with Gasteiger partial charge in [0.2, 0.25) is 0 Å². The number of hydrogen-bond acceptors (Lipinski definition) is 4. The van der Waals surface area contributed by atoms with E-state index >= 15 is 0 Å². The Balaban J connectivity index is 2.92. The predicted molar refractivity (Wildman–Crippen MR) is 79.5 cm³/mol. The lowest BCUT2D eigenvalue weighted by Crippen LogP contribution is -2.25. The molecule has 5 nitrogen and oxygen atoms in total. The van der Waals surface area contributed by atoms with Crippen LogP contribution >= 0.6 is 11.6 Å². The Hall–Kier alpha value is -1.46. The van der Waals surface area contributed by atoms with Crippen LogP contribution in [-0.2, 0) is 11.2 Å². The van der Waals surface area contributed by atoms with Gasteiger partial charge in [-0.3, -0.25) is 4.79 Å². The molecule has 0 aliphatic carbocycles. The molecule has 1 unspecified atom stereocenters. The average Bonchev–Trinajstić information content (AvgIpc) is 2.44. The fraction of sp³-hybridized carbons (Fsp3) is 0.500. The summed E-state index contributed by atoms with van der Waals surface area (Å²) in [5, 5.41) is 2.88. The van der Waals surface area contributed by atoms with Gasteiger partial charge in [-0.2, -0.15) is 0 Å². The summed E-state index contributed by atoms with van der Waals surface area (Å²) < 4.78 is 10.7. The van der Waals surface area contributed by atoms with Gasteiger partial charge in [-0.25, -0.2) is 0 Å². The van der Waals surface area contributed by atoms with Gasteiger partial charge in [0.05, 0.1) is 12.1 Å². The maximum atomic E-state index is 11.2. The highest BCUT2D eigenvalue weighted by molar-refractivity contribution is 6.32. The minimum Gasteiger partial charge on any atom is -0.493 e. The fourth-order valence-corrected chi connectivity index (χ4v) is 1.98. The van der Waals surface area contributed by atoms with Gasteiger partial charge in [0, 0.05) is 13.1 Å². The second-order valence-electron chi connectivity index (χ2n) is 4.44. The molecule has 0 heterocycles. The molecule has 1 aromatic rings.